The third-order valence-electron chi connectivity index (χ3n) is 13.0. The van der Waals surface area contributed by atoms with Gasteiger partial charge in [0.05, 0.1) is 0 Å². The second-order valence-corrected chi connectivity index (χ2v) is 18.4. The van der Waals surface area contributed by atoms with E-state index in [0.29, 0.717) is 29.7 Å². The topological polar surface area (TPSA) is 192 Å². The van der Waals surface area contributed by atoms with E-state index in [1.165, 1.54) is 0 Å². The van der Waals surface area contributed by atoms with Crippen molar-refractivity contribution >= 4 is 35.5 Å². The highest BCUT2D eigenvalue weighted by atomic mass is 16.5. The fourth-order valence-corrected chi connectivity index (χ4v) is 8.90. The van der Waals surface area contributed by atoms with Gasteiger partial charge in [0, 0.05) is 19.3 Å². The number of carbonyl (C=O) groups is 6. The van der Waals surface area contributed by atoms with Crippen molar-refractivity contribution in [3.8, 4) is 28.0 Å². The molecule has 5 atom stereocenters. The Morgan fingerprint density at radius 1 is 0.500 bits per heavy atom. The van der Waals surface area contributed by atoms with Gasteiger partial charge in [-0.15, -0.1) is 0 Å². The summed E-state index contributed by atoms with van der Waals surface area (Å²) in [5.74, 6) is -4.24. The predicted molar refractivity (Wildman–Crippen MR) is 284 cm³/mol. The van der Waals surface area contributed by atoms with E-state index in [-0.39, 0.29) is 32.1 Å². The van der Waals surface area contributed by atoms with Gasteiger partial charge in [0.2, 0.25) is 23.6 Å². The van der Waals surface area contributed by atoms with Crippen molar-refractivity contribution in [3.05, 3.63) is 222 Å². The molecule has 2 aliphatic rings. The third kappa shape index (κ3) is 14.9. The van der Waals surface area contributed by atoms with Crippen LogP contribution in [0.1, 0.15) is 40.7 Å². The molecule has 13 heteroatoms. The quantitative estimate of drug-likeness (QED) is 0.0581. The highest BCUT2D eigenvalue weighted by Crippen LogP contribution is 2.22. The number of rotatable bonds is 15. The molecule has 0 fully saturated rings. The molecule has 13 nitrogen and oxygen atoms in total. The van der Waals surface area contributed by atoms with Crippen LogP contribution in [0.4, 0.5) is 0 Å². The van der Waals surface area contributed by atoms with Crippen molar-refractivity contribution in [1.82, 2.24) is 26.6 Å². The van der Waals surface area contributed by atoms with Crippen LogP contribution in [0.2, 0.25) is 0 Å². The molecule has 0 saturated heterocycles. The lowest BCUT2D eigenvalue weighted by Crippen LogP contribution is -2.59. The number of benzene rings is 7. The Balaban J connectivity index is 1.11. The monoisotopic (exact) mass is 989 g/mol. The van der Waals surface area contributed by atoms with Gasteiger partial charge in [0.1, 0.15) is 36.0 Å². The molecule has 9 rings (SSSR count). The van der Waals surface area contributed by atoms with E-state index in [9.17, 15) is 33.9 Å². The number of amides is 5. The van der Waals surface area contributed by atoms with Crippen LogP contribution in [-0.2, 0) is 60.9 Å². The Morgan fingerprint density at radius 3 is 1.46 bits per heavy atom. The summed E-state index contributed by atoms with van der Waals surface area (Å²) in [5.41, 5.74) is 7.77. The number of hydrogen-bond acceptors (Lipinski definition) is 7. The van der Waals surface area contributed by atoms with E-state index in [1.54, 1.807) is 24.3 Å². The van der Waals surface area contributed by atoms with Crippen molar-refractivity contribution in [1.29, 1.82) is 0 Å². The van der Waals surface area contributed by atoms with Gasteiger partial charge >= 0.3 is 5.97 Å². The Hall–Kier alpha value is -8.84. The number of aryl methyl sites for hydroxylation is 2. The van der Waals surface area contributed by atoms with E-state index in [2.05, 4.69) is 26.6 Å². The average molecular weight is 990 g/mol. The molecule has 376 valence electrons. The number of ether oxygens (including phenoxy) is 1. The molecule has 2 heterocycles. The highest BCUT2D eigenvalue weighted by Gasteiger charge is 2.33. The van der Waals surface area contributed by atoms with Crippen molar-refractivity contribution in [2.45, 2.75) is 75.2 Å². The lowest BCUT2D eigenvalue weighted by Gasteiger charge is -2.27. The molecule has 74 heavy (non-hydrogen) atoms. The van der Waals surface area contributed by atoms with E-state index in [0.717, 1.165) is 38.9 Å². The van der Waals surface area contributed by atoms with Crippen molar-refractivity contribution < 1.29 is 38.6 Å². The summed E-state index contributed by atoms with van der Waals surface area (Å²) in [6, 6.07) is 54.0. The first kappa shape index (κ1) is 51.5. The molecule has 5 amide bonds. The maximum absolute atomic E-state index is 14.9. The Labute approximate surface area is 430 Å². The van der Waals surface area contributed by atoms with Gasteiger partial charge in [-0.2, -0.15) is 0 Å². The zero-order valence-corrected chi connectivity index (χ0v) is 40.8. The second-order valence-electron chi connectivity index (χ2n) is 18.4. The van der Waals surface area contributed by atoms with Gasteiger partial charge in [0.15, 0.2) is 6.61 Å². The second kappa shape index (κ2) is 25.5. The number of fused-ring (bicyclic) bond motifs is 16. The molecule has 0 radical (unpaired) electrons. The van der Waals surface area contributed by atoms with Crippen LogP contribution >= 0.6 is 0 Å². The summed E-state index contributed by atoms with van der Waals surface area (Å²) in [5, 5.41) is 24.5. The highest BCUT2D eigenvalue weighted by molar-refractivity contribution is 5.96. The summed E-state index contributed by atoms with van der Waals surface area (Å²) in [6.07, 6.45) is 0.933. The van der Waals surface area contributed by atoms with Crippen LogP contribution in [0.25, 0.3) is 22.3 Å². The van der Waals surface area contributed by atoms with Gasteiger partial charge in [-0.3, -0.25) is 24.0 Å². The molecule has 2 bridgehead atoms. The number of carboxylic acid groups (broad SMARTS) is 1. The van der Waals surface area contributed by atoms with Crippen molar-refractivity contribution in [2.24, 2.45) is 0 Å². The molecule has 0 unspecified atom stereocenters. The predicted octanol–water partition coefficient (Wildman–Crippen LogP) is 7.22. The molecule has 0 aromatic heterocycles. The van der Waals surface area contributed by atoms with Crippen molar-refractivity contribution in [3.63, 3.8) is 0 Å². The molecule has 0 spiro atoms. The number of hydrogen-bond donors (Lipinski definition) is 6. The Kier molecular flexibility index (Phi) is 17.8. The van der Waals surface area contributed by atoms with Gasteiger partial charge in [0.25, 0.3) is 5.91 Å². The molecule has 2 aliphatic heterocycles. The lowest BCUT2D eigenvalue weighted by molar-refractivity contribution is -0.142. The van der Waals surface area contributed by atoms with Crippen LogP contribution in [-0.4, -0.2) is 77.4 Å². The normalized spacial score (nSPS) is 17.9. The number of carbonyl (C=O) groups excluding carboxylic acids is 5. The minimum absolute atomic E-state index is 0.00772. The van der Waals surface area contributed by atoms with Gasteiger partial charge in [-0.1, -0.05) is 182 Å². The SMILES string of the molecule is O=C1COc2ccc(cc2)C[C@@H](C(=O)N[C@H](CCc2ccccc2)C(=O)O)NC(=O)[C@H](CCc2ccccc2)NC(=O)[C@@H](Cc2ccc(-c3ccccc3)cc2)NC(=O)[C@H](Cc2ccc(-c3ccccc3)cc2)N1. The van der Waals surface area contributed by atoms with E-state index in [1.807, 2.05) is 170 Å². The number of nitrogens with one attached hydrogen (secondary N) is 5. The van der Waals surface area contributed by atoms with E-state index >= 15 is 0 Å². The van der Waals surface area contributed by atoms with Crippen LogP contribution in [0.5, 0.6) is 5.75 Å². The summed E-state index contributed by atoms with van der Waals surface area (Å²) in [6.45, 7) is -0.447. The first-order chi connectivity index (χ1) is 36.0. The Bertz CT molecular complexity index is 2980. The standard InChI is InChI=1S/C61H59N5O8/c67-56-40-74-50-33-25-45(26-34-50)39-55(60(71)64-52(61(72)73)36-28-42-15-7-2-8-16-42)65-57(68)51(35-27-41-13-5-1-6-14-41)63-59(70)54(38-44-23-31-49(32-24-44)47-19-11-4-12-20-47)66-58(69)53(62-56)37-43-21-29-48(30-22-43)46-17-9-3-10-18-46/h1-26,29-34,51-55H,27-28,35-40H2,(H,62,67)(H,63,70)(H,64,71)(H,65,68)(H,66,69)(H,72,73)/t51-,52+,53-,54+,55-/m0/s1. The smallest absolute Gasteiger partial charge is 0.326 e. The first-order valence-electron chi connectivity index (χ1n) is 24.8. The van der Waals surface area contributed by atoms with Crippen LogP contribution < -0.4 is 31.3 Å². The molecular formula is C61H59N5O8. The van der Waals surface area contributed by atoms with E-state index in [4.69, 9.17) is 4.74 Å². The molecular weight excluding hydrogens is 931 g/mol. The molecule has 7 aromatic rings. The fourth-order valence-electron chi connectivity index (χ4n) is 8.90. The number of aliphatic carboxylic acids is 1. The summed E-state index contributed by atoms with van der Waals surface area (Å²) in [7, 11) is 0. The zero-order chi connectivity index (χ0) is 51.7. The van der Waals surface area contributed by atoms with Gasteiger partial charge in [-0.25, -0.2) is 4.79 Å². The minimum atomic E-state index is -1.29. The Morgan fingerprint density at radius 2 is 0.946 bits per heavy atom. The van der Waals surface area contributed by atoms with E-state index < -0.39 is 72.3 Å². The third-order valence-corrected chi connectivity index (χ3v) is 13.0. The van der Waals surface area contributed by atoms with Crippen LogP contribution in [0.15, 0.2) is 194 Å². The summed E-state index contributed by atoms with van der Waals surface area (Å²) >= 11 is 0. The molecule has 0 saturated carbocycles. The lowest BCUT2D eigenvalue weighted by atomic mass is 9.98. The fraction of sp³-hybridized carbons (Fsp3) is 0.213. The molecule has 0 aliphatic carbocycles. The van der Waals surface area contributed by atoms with Crippen LogP contribution in [0.3, 0.4) is 0 Å². The van der Waals surface area contributed by atoms with Crippen LogP contribution in [0, 0.1) is 0 Å². The zero-order valence-electron chi connectivity index (χ0n) is 40.8. The number of carboxylic acids is 1. The first-order valence-corrected chi connectivity index (χ1v) is 24.8. The maximum Gasteiger partial charge on any atom is 0.326 e. The average Bonchev–Trinajstić information content (AvgIpc) is 3.43. The molecule has 7 aromatic carbocycles. The molecule has 6 N–H and O–H groups in total. The minimum Gasteiger partial charge on any atom is -0.484 e. The van der Waals surface area contributed by atoms with Gasteiger partial charge < -0.3 is 36.4 Å². The summed E-state index contributed by atoms with van der Waals surface area (Å²) in [4.78, 5) is 84.9. The van der Waals surface area contributed by atoms with Gasteiger partial charge in [-0.05, 0) is 87.9 Å². The van der Waals surface area contributed by atoms with Crippen molar-refractivity contribution in [2.75, 3.05) is 6.61 Å². The largest absolute Gasteiger partial charge is 0.484 e. The maximum atomic E-state index is 14.9. The summed E-state index contributed by atoms with van der Waals surface area (Å²) < 4.78 is 5.88.